The Labute approximate surface area is 100 Å². The lowest BCUT2D eigenvalue weighted by atomic mass is 10.2. The van der Waals surface area contributed by atoms with E-state index in [0.717, 1.165) is 0 Å². The lowest BCUT2D eigenvalue weighted by Gasteiger charge is -2.19. The predicted molar refractivity (Wildman–Crippen MR) is 62.5 cm³/mol. The number of ether oxygens (including phenoxy) is 1. The van der Waals surface area contributed by atoms with E-state index in [9.17, 15) is 9.90 Å². The van der Waals surface area contributed by atoms with Crippen LogP contribution in [0.2, 0.25) is 0 Å². The van der Waals surface area contributed by atoms with Crippen LogP contribution in [-0.2, 0) is 4.74 Å². The second-order valence-electron chi connectivity index (χ2n) is 4.78. The lowest BCUT2D eigenvalue weighted by molar-refractivity contribution is 0.0536. The van der Waals surface area contributed by atoms with E-state index in [0.29, 0.717) is 18.7 Å². The van der Waals surface area contributed by atoms with E-state index >= 15 is 0 Å². The number of carbonyl (C=O) groups is 1. The molecule has 0 saturated carbocycles. The van der Waals surface area contributed by atoms with Gasteiger partial charge in [0.2, 0.25) is 0 Å². The molecule has 0 saturated heterocycles. The Balaban J connectivity index is 2.71. The molecule has 0 radical (unpaired) electrons. The highest BCUT2D eigenvalue weighted by molar-refractivity contribution is 5.70. The minimum atomic E-state index is -0.747. The van der Waals surface area contributed by atoms with Crippen molar-refractivity contribution in [2.24, 2.45) is 5.73 Å². The number of imidazole rings is 1. The summed E-state index contributed by atoms with van der Waals surface area (Å²) in [5.74, 6) is 0. The van der Waals surface area contributed by atoms with Gasteiger partial charge in [0.05, 0.1) is 11.8 Å². The summed E-state index contributed by atoms with van der Waals surface area (Å²) in [5.41, 5.74) is 5.19. The van der Waals surface area contributed by atoms with Gasteiger partial charge < -0.3 is 15.6 Å². The average Bonchev–Trinajstić information content (AvgIpc) is 2.63. The van der Waals surface area contributed by atoms with Crippen molar-refractivity contribution in [2.75, 3.05) is 6.54 Å². The molecule has 0 spiro atoms. The predicted octanol–water partition coefficient (Wildman–Crippen LogP) is 1.05. The molecule has 3 N–H and O–H groups in total. The van der Waals surface area contributed by atoms with Crippen molar-refractivity contribution >= 4 is 6.09 Å². The van der Waals surface area contributed by atoms with Gasteiger partial charge in [0.1, 0.15) is 11.9 Å². The van der Waals surface area contributed by atoms with Crippen LogP contribution in [0.5, 0.6) is 0 Å². The largest absolute Gasteiger partial charge is 0.443 e. The van der Waals surface area contributed by atoms with Gasteiger partial charge in [-0.05, 0) is 33.7 Å². The molecular weight excluding hydrogens is 222 g/mol. The zero-order chi connectivity index (χ0) is 13.1. The van der Waals surface area contributed by atoms with Crippen LogP contribution in [0.4, 0.5) is 4.79 Å². The molecule has 0 unspecified atom stereocenters. The van der Waals surface area contributed by atoms with Gasteiger partial charge in [0.25, 0.3) is 0 Å². The summed E-state index contributed by atoms with van der Waals surface area (Å²) in [6.07, 6.45) is 1.92. The molecule has 0 bridgehead atoms. The number of carbonyl (C=O) groups excluding carboxylic acids is 1. The number of rotatable bonds is 3. The van der Waals surface area contributed by atoms with Crippen molar-refractivity contribution < 1.29 is 14.6 Å². The molecule has 1 heterocycles. The zero-order valence-electron chi connectivity index (χ0n) is 10.4. The van der Waals surface area contributed by atoms with Crippen LogP contribution in [0.25, 0.3) is 0 Å². The number of hydrogen-bond donors (Lipinski definition) is 2. The van der Waals surface area contributed by atoms with Gasteiger partial charge in [-0.15, -0.1) is 0 Å². The molecule has 0 aliphatic heterocycles. The molecule has 1 aromatic rings. The third-order valence-corrected chi connectivity index (χ3v) is 1.99. The Morgan fingerprint density at radius 2 is 2.29 bits per heavy atom. The summed E-state index contributed by atoms with van der Waals surface area (Å²) in [6.45, 7) is 5.71. The Morgan fingerprint density at radius 1 is 1.65 bits per heavy atom. The zero-order valence-corrected chi connectivity index (χ0v) is 10.4. The second kappa shape index (κ2) is 5.29. The van der Waals surface area contributed by atoms with Gasteiger partial charge in [-0.2, -0.15) is 0 Å². The fraction of sp³-hybridized carbons (Fsp3) is 0.636. The van der Waals surface area contributed by atoms with Crippen molar-refractivity contribution in [1.82, 2.24) is 9.55 Å². The van der Waals surface area contributed by atoms with Gasteiger partial charge in [-0.1, -0.05) is 0 Å². The van der Waals surface area contributed by atoms with Gasteiger partial charge in [-0.3, -0.25) is 0 Å². The van der Waals surface area contributed by atoms with E-state index in [1.807, 2.05) is 0 Å². The molecule has 0 fully saturated rings. The summed E-state index contributed by atoms with van der Waals surface area (Å²) in [5, 5.41) is 9.64. The normalized spacial score (nSPS) is 13.5. The number of hydrogen-bond acceptors (Lipinski definition) is 5. The van der Waals surface area contributed by atoms with E-state index < -0.39 is 17.8 Å². The van der Waals surface area contributed by atoms with Gasteiger partial charge in [-0.25, -0.2) is 14.3 Å². The molecule has 0 aromatic carbocycles. The molecule has 0 amide bonds. The van der Waals surface area contributed by atoms with Crippen LogP contribution in [0.15, 0.2) is 12.5 Å². The first-order chi connectivity index (χ1) is 7.83. The first-order valence-corrected chi connectivity index (χ1v) is 5.49. The van der Waals surface area contributed by atoms with E-state index in [2.05, 4.69) is 4.98 Å². The molecule has 1 atom stereocenters. The standard InChI is InChI=1S/C11H19N3O3/c1-11(2,3)17-10(16)14-6-8(13-7-14)9(15)4-5-12/h6-7,9,15H,4-5,12H2,1-3H3/t9-/m1/s1. The summed E-state index contributed by atoms with van der Waals surface area (Å²) < 4.78 is 6.36. The molecule has 1 aromatic heterocycles. The first kappa shape index (κ1) is 13.7. The summed E-state index contributed by atoms with van der Waals surface area (Å²) in [6, 6.07) is 0. The minimum absolute atomic E-state index is 0.362. The van der Waals surface area contributed by atoms with Crippen molar-refractivity contribution in [1.29, 1.82) is 0 Å². The maximum absolute atomic E-state index is 11.6. The Kier molecular flexibility index (Phi) is 4.25. The van der Waals surface area contributed by atoms with Crippen molar-refractivity contribution in [3.05, 3.63) is 18.2 Å². The maximum atomic E-state index is 11.6. The molecule has 0 aliphatic rings. The van der Waals surface area contributed by atoms with Gasteiger partial charge in [0.15, 0.2) is 0 Å². The number of nitrogens with two attached hydrogens (primary N) is 1. The summed E-state index contributed by atoms with van der Waals surface area (Å²) in [4.78, 5) is 15.6. The van der Waals surface area contributed by atoms with Crippen LogP contribution in [0, 0.1) is 0 Å². The highest BCUT2D eigenvalue weighted by Crippen LogP contribution is 2.14. The topological polar surface area (TPSA) is 90.4 Å². The number of aliphatic hydroxyl groups excluding tert-OH is 1. The molecule has 6 heteroatoms. The smallest absolute Gasteiger partial charge is 0.419 e. The average molecular weight is 241 g/mol. The second-order valence-corrected chi connectivity index (χ2v) is 4.78. The van der Waals surface area contributed by atoms with Gasteiger partial charge >= 0.3 is 6.09 Å². The molecule has 6 nitrogen and oxygen atoms in total. The van der Waals surface area contributed by atoms with E-state index in [-0.39, 0.29) is 0 Å². The van der Waals surface area contributed by atoms with Crippen LogP contribution in [0.3, 0.4) is 0 Å². The third kappa shape index (κ3) is 4.16. The Morgan fingerprint density at radius 3 is 2.82 bits per heavy atom. The molecule has 96 valence electrons. The summed E-state index contributed by atoms with van der Waals surface area (Å²) in [7, 11) is 0. The fourth-order valence-corrected chi connectivity index (χ4v) is 1.23. The highest BCUT2D eigenvalue weighted by atomic mass is 16.6. The molecule has 0 aliphatic carbocycles. The Bertz CT molecular complexity index is 382. The minimum Gasteiger partial charge on any atom is -0.443 e. The monoisotopic (exact) mass is 241 g/mol. The first-order valence-electron chi connectivity index (χ1n) is 5.49. The SMILES string of the molecule is CC(C)(C)OC(=O)n1cnc([C@H](O)CCN)c1. The van der Waals surface area contributed by atoms with Crippen LogP contribution in [-0.4, -0.2) is 32.9 Å². The van der Waals surface area contributed by atoms with Crippen molar-refractivity contribution in [3.63, 3.8) is 0 Å². The van der Waals surface area contributed by atoms with E-state index in [1.165, 1.54) is 17.1 Å². The highest BCUT2D eigenvalue weighted by Gasteiger charge is 2.19. The van der Waals surface area contributed by atoms with Gasteiger partial charge in [0, 0.05) is 6.20 Å². The summed E-state index contributed by atoms with van der Waals surface area (Å²) >= 11 is 0. The fourth-order valence-electron chi connectivity index (χ4n) is 1.23. The van der Waals surface area contributed by atoms with Crippen LogP contribution < -0.4 is 5.73 Å². The number of aliphatic hydroxyl groups is 1. The lowest BCUT2D eigenvalue weighted by Crippen LogP contribution is -2.26. The molecule has 17 heavy (non-hydrogen) atoms. The number of aromatic nitrogens is 2. The third-order valence-electron chi connectivity index (χ3n) is 1.99. The maximum Gasteiger partial charge on any atom is 0.419 e. The molecular formula is C11H19N3O3. The van der Waals surface area contributed by atoms with E-state index in [1.54, 1.807) is 20.8 Å². The quantitative estimate of drug-likeness (QED) is 0.825. The Hall–Kier alpha value is -1.40. The van der Waals surface area contributed by atoms with Crippen molar-refractivity contribution in [2.45, 2.75) is 38.9 Å². The van der Waals surface area contributed by atoms with Crippen LogP contribution >= 0.6 is 0 Å². The van der Waals surface area contributed by atoms with Crippen LogP contribution in [0.1, 0.15) is 39.0 Å². The van der Waals surface area contributed by atoms with Crippen molar-refractivity contribution in [3.8, 4) is 0 Å². The number of nitrogens with zero attached hydrogens (tertiary/aromatic N) is 2. The van der Waals surface area contributed by atoms with E-state index in [4.69, 9.17) is 10.5 Å². The molecule has 1 rings (SSSR count).